The Kier molecular flexibility index (Phi) is 4.23. The average Bonchev–Trinajstić information content (AvgIpc) is 3.29. The van der Waals surface area contributed by atoms with Crippen molar-refractivity contribution in [2.24, 2.45) is 0 Å². The number of aryl methyl sites for hydroxylation is 1. The monoisotopic (exact) mass is 350 g/mol. The Morgan fingerprint density at radius 3 is 2.91 bits per heavy atom. The van der Waals surface area contributed by atoms with Gasteiger partial charge in [0.25, 0.3) is 5.91 Å². The first-order valence-corrected chi connectivity index (χ1v) is 9.56. The fourth-order valence-corrected chi connectivity index (χ4v) is 5.27. The first-order valence-electron chi connectivity index (χ1n) is 7.80. The second kappa shape index (κ2) is 6.35. The van der Waals surface area contributed by atoms with E-state index in [9.17, 15) is 4.79 Å². The molecule has 0 saturated carbocycles. The van der Waals surface area contributed by atoms with Gasteiger partial charge < -0.3 is 4.74 Å². The minimum Gasteiger partial charge on any atom is -0.379 e. The van der Waals surface area contributed by atoms with Crippen molar-refractivity contribution in [3.8, 4) is 0 Å². The van der Waals surface area contributed by atoms with Gasteiger partial charge in [0.2, 0.25) is 0 Å². The van der Waals surface area contributed by atoms with Crippen molar-refractivity contribution in [1.29, 1.82) is 0 Å². The van der Waals surface area contributed by atoms with Crippen LogP contribution in [0, 0.1) is 0 Å². The summed E-state index contributed by atoms with van der Waals surface area (Å²) in [6.45, 7) is 5.14. The van der Waals surface area contributed by atoms with E-state index < -0.39 is 0 Å². The highest BCUT2D eigenvalue weighted by Crippen LogP contribution is 2.42. The van der Waals surface area contributed by atoms with Gasteiger partial charge in [-0.25, -0.2) is 4.98 Å². The predicted molar refractivity (Wildman–Crippen MR) is 89.1 cm³/mol. The molecule has 2 aliphatic rings. The number of fused-ring (bicyclic) bond motifs is 1. The van der Waals surface area contributed by atoms with Crippen LogP contribution in [0.15, 0.2) is 22.7 Å². The molecule has 2 aliphatic heterocycles. The molecule has 0 aromatic carbocycles. The highest BCUT2D eigenvalue weighted by Gasteiger charge is 2.43. The van der Waals surface area contributed by atoms with E-state index in [4.69, 9.17) is 4.74 Å². The second-order valence-corrected chi connectivity index (χ2v) is 7.65. The van der Waals surface area contributed by atoms with E-state index in [0.29, 0.717) is 0 Å². The van der Waals surface area contributed by atoms with Crippen LogP contribution in [0.2, 0.25) is 0 Å². The van der Waals surface area contributed by atoms with Gasteiger partial charge in [-0.15, -0.1) is 16.4 Å². The van der Waals surface area contributed by atoms with Gasteiger partial charge in [-0.1, -0.05) is 24.8 Å². The van der Waals surface area contributed by atoms with Gasteiger partial charge >= 0.3 is 0 Å². The van der Waals surface area contributed by atoms with Crippen LogP contribution >= 0.6 is 23.1 Å². The van der Waals surface area contributed by atoms with Crippen molar-refractivity contribution in [2.75, 3.05) is 26.3 Å². The van der Waals surface area contributed by atoms with Crippen LogP contribution in [0.4, 0.5) is 0 Å². The Bertz CT molecular complexity index is 694. The first kappa shape index (κ1) is 15.3. The zero-order valence-electron chi connectivity index (χ0n) is 12.8. The van der Waals surface area contributed by atoms with Crippen LogP contribution < -0.4 is 0 Å². The van der Waals surface area contributed by atoms with Gasteiger partial charge in [0.15, 0.2) is 11.0 Å². The Morgan fingerprint density at radius 1 is 1.43 bits per heavy atom. The molecule has 0 radical (unpaired) electrons. The number of morpholine rings is 1. The number of rotatable bonds is 4. The third-order valence-electron chi connectivity index (χ3n) is 4.18. The zero-order chi connectivity index (χ0) is 15.8. The summed E-state index contributed by atoms with van der Waals surface area (Å²) in [4.78, 5) is 20.9. The normalized spacial score (nSPS) is 23.2. The molecule has 23 heavy (non-hydrogen) atoms. The van der Waals surface area contributed by atoms with Gasteiger partial charge in [-0.3, -0.25) is 9.69 Å². The smallest absolute Gasteiger partial charge is 0.264 e. The summed E-state index contributed by atoms with van der Waals surface area (Å²) in [7, 11) is 0. The fourth-order valence-electron chi connectivity index (χ4n) is 3.03. The lowest BCUT2D eigenvalue weighted by molar-refractivity contribution is 0.0159. The number of nitrogens with zero attached hydrogens (tertiary/aromatic N) is 4. The number of ether oxygens (including phenoxy) is 1. The number of aromatic nitrogens is 3. The molecule has 2 atom stereocenters. The van der Waals surface area contributed by atoms with Crippen LogP contribution in [0.1, 0.15) is 28.5 Å². The van der Waals surface area contributed by atoms with Crippen molar-refractivity contribution in [2.45, 2.75) is 29.8 Å². The van der Waals surface area contributed by atoms with E-state index in [1.54, 1.807) is 23.1 Å². The van der Waals surface area contributed by atoms with Crippen LogP contribution in [0.5, 0.6) is 0 Å². The van der Waals surface area contributed by atoms with Crippen LogP contribution in [-0.2, 0) is 11.2 Å². The lowest BCUT2D eigenvalue weighted by atomic mass is 10.1. The number of hydrogen-bond donors (Lipinski definition) is 0. The third kappa shape index (κ3) is 2.73. The summed E-state index contributed by atoms with van der Waals surface area (Å²) in [6.07, 6.45) is 0.746. The number of carbonyl (C=O) groups is 1. The van der Waals surface area contributed by atoms with Crippen LogP contribution in [0.25, 0.3) is 0 Å². The minimum atomic E-state index is -0.187. The Balaban J connectivity index is 1.65. The van der Waals surface area contributed by atoms with Crippen molar-refractivity contribution in [1.82, 2.24) is 19.7 Å². The van der Waals surface area contributed by atoms with Crippen molar-refractivity contribution >= 4 is 29.0 Å². The molecule has 4 rings (SSSR count). The maximum Gasteiger partial charge on any atom is 0.264 e. The van der Waals surface area contributed by atoms with E-state index in [2.05, 4.69) is 26.4 Å². The SMILES string of the molecule is CCc1nc2n(n1)C(=O)C(C(c1cccs1)N1CCOCC1)S2. The first-order chi connectivity index (χ1) is 11.3. The Morgan fingerprint density at radius 2 is 2.26 bits per heavy atom. The second-order valence-electron chi connectivity index (χ2n) is 5.56. The average molecular weight is 350 g/mol. The Hall–Kier alpha value is -1.22. The van der Waals surface area contributed by atoms with Crippen molar-refractivity contribution < 1.29 is 9.53 Å². The molecule has 2 aromatic rings. The molecule has 0 N–H and O–H groups in total. The summed E-state index contributed by atoms with van der Waals surface area (Å²) in [5.74, 6) is 0.778. The van der Waals surface area contributed by atoms with E-state index >= 15 is 0 Å². The van der Waals surface area contributed by atoms with Crippen LogP contribution in [-0.4, -0.2) is 57.1 Å². The number of thioether (sulfide) groups is 1. The molecule has 2 aromatic heterocycles. The lowest BCUT2D eigenvalue weighted by Gasteiger charge is -2.35. The molecule has 1 saturated heterocycles. The Labute approximate surface area is 142 Å². The third-order valence-corrected chi connectivity index (χ3v) is 6.31. The quantitative estimate of drug-likeness (QED) is 0.841. The molecule has 6 nitrogen and oxygen atoms in total. The van der Waals surface area contributed by atoms with E-state index in [-0.39, 0.29) is 17.2 Å². The van der Waals surface area contributed by atoms with Crippen molar-refractivity contribution in [3.05, 3.63) is 28.2 Å². The molecular weight excluding hydrogens is 332 g/mol. The summed E-state index contributed by atoms with van der Waals surface area (Å²) in [5, 5.41) is 6.95. The highest BCUT2D eigenvalue weighted by atomic mass is 32.2. The van der Waals surface area contributed by atoms with E-state index in [1.165, 1.54) is 9.56 Å². The van der Waals surface area contributed by atoms with Gasteiger partial charge in [0.05, 0.1) is 19.3 Å². The number of carbonyl (C=O) groups excluding carboxylic acids is 1. The topological polar surface area (TPSA) is 60.2 Å². The van der Waals surface area contributed by atoms with Gasteiger partial charge in [-0.2, -0.15) is 4.68 Å². The van der Waals surface area contributed by atoms with E-state index in [0.717, 1.165) is 43.7 Å². The lowest BCUT2D eigenvalue weighted by Crippen LogP contribution is -2.44. The van der Waals surface area contributed by atoms with Gasteiger partial charge in [-0.05, 0) is 11.4 Å². The highest BCUT2D eigenvalue weighted by molar-refractivity contribution is 8.01. The molecule has 0 amide bonds. The van der Waals surface area contributed by atoms with E-state index in [1.807, 2.05) is 13.0 Å². The predicted octanol–water partition coefficient (Wildman–Crippen LogP) is 2.09. The molecule has 4 heterocycles. The maximum atomic E-state index is 12.9. The molecule has 122 valence electrons. The summed E-state index contributed by atoms with van der Waals surface area (Å²) in [5.41, 5.74) is 0. The summed E-state index contributed by atoms with van der Waals surface area (Å²) in [6, 6.07) is 4.22. The molecule has 2 unspecified atom stereocenters. The summed E-state index contributed by atoms with van der Waals surface area (Å²) >= 11 is 3.25. The minimum absolute atomic E-state index is 0.0436. The molecule has 0 aliphatic carbocycles. The molecule has 8 heteroatoms. The summed E-state index contributed by atoms with van der Waals surface area (Å²) < 4.78 is 6.97. The molecule has 0 bridgehead atoms. The van der Waals surface area contributed by atoms with Gasteiger partial charge in [0, 0.05) is 24.4 Å². The maximum absolute atomic E-state index is 12.9. The standard InChI is InChI=1S/C15H18N4O2S2/c1-2-11-16-15-19(17-11)14(20)13(23-15)12(10-4-3-9-22-10)18-5-7-21-8-6-18/h3-4,9,12-13H,2,5-8H2,1H3. The zero-order valence-corrected chi connectivity index (χ0v) is 14.5. The molecule has 1 fully saturated rings. The van der Waals surface area contributed by atoms with Crippen LogP contribution in [0.3, 0.4) is 0 Å². The molecular formula is C15H18N4O2S2. The number of thiophene rings is 1. The van der Waals surface area contributed by atoms with Gasteiger partial charge in [0.1, 0.15) is 5.25 Å². The molecule has 0 spiro atoms. The fraction of sp³-hybridized carbons (Fsp3) is 0.533. The largest absolute Gasteiger partial charge is 0.379 e. The number of hydrogen-bond acceptors (Lipinski definition) is 7. The van der Waals surface area contributed by atoms with Crippen molar-refractivity contribution in [3.63, 3.8) is 0 Å².